The molecule has 12 nitrogen and oxygen atoms in total. The van der Waals surface area contributed by atoms with Gasteiger partial charge in [0.05, 0.1) is 48.0 Å². The molecule has 3 aromatic rings. The van der Waals surface area contributed by atoms with Crippen LogP contribution in [0, 0.1) is 11.8 Å². The minimum atomic E-state index is -0.899. The Morgan fingerprint density at radius 1 is 1.00 bits per heavy atom. The van der Waals surface area contributed by atoms with Crippen LogP contribution in [0.25, 0.3) is 17.0 Å². The van der Waals surface area contributed by atoms with Crippen molar-refractivity contribution in [2.24, 2.45) is 4.99 Å². The molecule has 1 unspecified atom stereocenters. The van der Waals surface area contributed by atoms with E-state index in [0.29, 0.717) is 65.9 Å². The number of guanidine groups is 1. The number of amides is 5. The maximum atomic E-state index is 14.2. The molecule has 47 heavy (non-hydrogen) atoms. The first kappa shape index (κ1) is 30.0. The van der Waals surface area contributed by atoms with Gasteiger partial charge in [0.15, 0.2) is 0 Å². The Bertz CT molecular complexity index is 1990. The molecule has 236 valence electrons. The number of piperidine rings is 1. The lowest BCUT2D eigenvalue weighted by molar-refractivity contribution is -0.547. The zero-order valence-electron chi connectivity index (χ0n) is 26.4. The maximum absolute atomic E-state index is 14.2. The van der Waals surface area contributed by atoms with E-state index in [1.54, 1.807) is 43.1 Å². The summed E-state index contributed by atoms with van der Waals surface area (Å²) in [6.07, 6.45) is 5.11. The van der Waals surface area contributed by atoms with Crippen LogP contribution < -0.4 is 0 Å². The Morgan fingerprint density at radius 3 is 2.45 bits per heavy atom. The van der Waals surface area contributed by atoms with Crippen molar-refractivity contribution < 1.29 is 23.8 Å². The van der Waals surface area contributed by atoms with E-state index >= 15 is 0 Å². The van der Waals surface area contributed by atoms with E-state index < -0.39 is 18.0 Å². The Labute approximate surface area is 271 Å². The first-order valence-electron chi connectivity index (χ1n) is 15.6. The average molecular weight is 630 g/mol. The van der Waals surface area contributed by atoms with Crippen molar-refractivity contribution in [3.63, 3.8) is 0 Å². The Balaban J connectivity index is 1.21. The normalized spacial score (nSPS) is 22.7. The second-order valence-corrected chi connectivity index (χ2v) is 11.8. The van der Waals surface area contributed by atoms with Crippen molar-refractivity contribution in [1.29, 1.82) is 0 Å². The molecule has 5 amide bonds. The molecule has 2 atom stereocenters. The first-order chi connectivity index (χ1) is 22.8. The Hall–Kier alpha value is -5.70. The Morgan fingerprint density at radius 2 is 1.72 bits per heavy atom. The van der Waals surface area contributed by atoms with Crippen molar-refractivity contribution in [1.82, 2.24) is 29.6 Å². The van der Waals surface area contributed by atoms with Crippen molar-refractivity contribution in [3.8, 4) is 11.8 Å². The molecule has 12 heteroatoms. The molecule has 0 spiro atoms. The van der Waals surface area contributed by atoms with Gasteiger partial charge in [-0.1, -0.05) is 47.3 Å². The minimum absolute atomic E-state index is 0.116. The SMILES string of the molecule is CC#CCN1C(=[N+]2CCC[C@@H](N3C(=O)c4ccccc4C3=O)C2)N=C2C1C(=O)N(Cc1nc(/C=C/C)c3ccccc3n1)C(=O)N2C. The van der Waals surface area contributed by atoms with Crippen molar-refractivity contribution in [2.75, 3.05) is 26.7 Å². The van der Waals surface area contributed by atoms with Crippen LogP contribution in [0.15, 0.2) is 59.6 Å². The standard InChI is InChI=1S/C35H33N8O4/c1-4-6-19-41-29-30(38-34(41)40-18-11-13-22(20-40)43-31(44)23-14-7-8-15-24(23)32(43)45)39(3)35(47)42(33(29)46)21-28-36-26(12-5-2)25-16-9-10-17-27(25)37-28/h5,7-10,12,14-17,22,29H,11,13,18-21H2,1-3H3/q+1/b12-5+/t22-,29?/m1/s1. The number of benzene rings is 2. The van der Waals surface area contributed by atoms with Gasteiger partial charge in [0.25, 0.3) is 17.7 Å². The topological polar surface area (TPSA) is 122 Å². The van der Waals surface area contributed by atoms with E-state index in [-0.39, 0.29) is 30.9 Å². The summed E-state index contributed by atoms with van der Waals surface area (Å²) in [6.45, 7) is 4.64. The Kier molecular flexibility index (Phi) is 7.60. The van der Waals surface area contributed by atoms with Gasteiger partial charge in [-0.25, -0.2) is 19.7 Å². The van der Waals surface area contributed by atoms with Crippen molar-refractivity contribution in [2.45, 2.75) is 45.3 Å². The van der Waals surface area contributed by atoms with Crippen molar-refractivity contribution in [3.05, 3.63) is 77.3 Å². The van der Waals surface area contributed by atoms with Crippen LogP contribution in [-0.4, -0.2) is 108 Å². The van der Waals surface area contributed by atoms with Crippen molar-refractivity contribution >= 4 is 52.5 Å². The molecule has 4 aliphatic heterocycles. The molecule has 5 heterocycles. The van der Waals surface area contributed by atoms with Gasteiger partial charge in [-0.3, -0.25) is 33.7 Å². The van der Waals surface area contributed by atoms with Gasteiger partial charge in [0.2, 0.25) is 11.9 Å². The van der Waals surface area contributed by atoms with Crippen LogP contribution in [0.3, 0.4) is 0 Å². The van der Waals surface area contributed by atoms with E-state index in [2.05, 4.69) is 16.8 Å². The fourth-order valence-corrected chi connectivity index (χ4v) is 6.76. The lowest BCUT2D eigenvalue weighted by atomic mass is 10.1. The fourth-order valence-electron chi connectivity index (χ4n) is 6.76. The lowest BCUT2D eigenvalue weighted by Gasteiger charge is -2.35. The van der Waals surface area contributed by atoms with Gasteiger partial charge in [-0.2, -0.15) is 0 Å². The van der Waals surface area contributed by atoms with Gasteiger partial charge in [-0.15, -0.1) is 5.92 Å². The number of urea groups is 1. The van der Waals surface area contributed by atoms with Crippen LogP contribution in [0.2, 0.25) is 0 Å². The van der Waals surface area contributed by atoms with E-state index in [0.717, 1.165) is 5.39 Å². The number of aromatic nitrogens is 2. The highest BCUT2D eigenvalue weighted by molar-refractivity contribution is 6.25. The summed E-state index contributed by atoms with van der Waals surface area (Å²) < 4.78 is 1.99. The highest BCUT2D eigenvalue weighted by Crippen LogP contribution is 2.30. The number of nitrogens with zero attached hydrogens (tertiary/aromatic N) is 8. The number of rotatable bonds is 5. The second kappa shape index (κ2) is 11.9. The number of fused-ring (bicyclic) bond motifs is 3. The molecule has 0 saturated carbocycles. The number of carbonyl (C=O) groups excluding carboxylic acids is 4. The highest BCUT2D eigenvalue weighted by Gasteiger charge is 2.56. The fraction of sp³-hybridized carbons (Fsp3) is 0.314. The summed E-state index contributed by atoms with van der Waals surface area (Å²) in [4.78, 5) is 74.5. The molecule has 4 aliphatic rings. The zero-order chi connectivity index (χ0) is 32.8. The van der Waals surface area contributed by atoms with E-state index in [4.69, 9.17) is 9.98 Å². The summed E-state index contributed by atoms with van der Waals surface area (Å²) in [5, 5.41) is 0.873. The summed E-state index contributed by atoms with van der Waals surface area (Å²) in [6, 6.07) is 12.7. The quantitative estimate of drug-likeness (QED) is 0.242. The van der Waals surface area contributed by atoms with Gasteiger partial charge in [-0.05, 0) is 51.0 Å². The third-order valence-electron chi connectivity index (χ3n) is 8.99. The van der Waals surface area contributed by atoms with Crippen LogP contribution in [0.1, 0.15) is 58.9 Å². The van der Waals surface area contributed by atoms with Gasteiger partial charge >= 0.3 is 12.0 Å². The summed E-state index contributed by atoms with van der Waals surface area (Å²) in [5.41, 5.74) is 2.24. The largest absolute Gasteiger partial charge is 0.393 e. The molecule has 7 rings (SSSR count). The predicted octanol–water partition coefficient (Wildman–Crippen LogP) is 2.99. The zero-order valence-corrected chi connectivity index (χ0v) is 26.4. The first-order valence-corrected chi connectivity index (χ1v) is 15.6. The smallest absolute Gasteiger partial charge is 0.270 e. The minimum Gasteiger partial charge on any atom is -0.270 e. The van der Waals surface area contributed by atoms with Crippen LogP contribution >= 0.6 is 0 Å². The van der Waals surface area contributed by atoms with Gasteiger partial charge < -0.3 is 0 Å². The molecule has 0 N–H and O–H groups in total. The van der Waals surface area contributed by atoms with E-state index in [1.165, 1.54) is 14.7 Å². The highest BCUT2D eigenvalue weighted by atomic mass is 16.2. The van der Waals surface area contributed by atoms with Crippen LogP contribution in [0.4, 0.5) is 4.79 Å². The molecule has 2 fully saturated rings. The summed E-state index contributed by atoms with van der Waals surface area (Å²) in [5.74, 6) is 6.06. The maximum Gasteiger partial charge on any atom is 0.393 e. The third-order valence-corrected chi connectivity index (χ3v) is 8.99. The third kappa shape index (κ3) is 4.95. The monoisotopic (exact) mass is 629 g/mol. The number of allylic oxidation sites excluding steroid dienone is 1. The molecule has 0 radical (unpaired) electrons. The molecule has 2 aromatic carbocycles. The summed E-state index contributed by atoms with van der Waals surface area (Å²) in [7, 11) is 1.60. The number of para-hydroxylation sites is 1. The number of aliphatic imine (C=N–C) groups is 1. The van der Waals surface area contributed by atoms with Gasteiger partial charge in [0.1, 0.15) is 12.4 Å². The number of hydrogen-bond donors (Lipinski definition) is 0. The number of carbonyl (C=O) groups is 4. The molecule has 0 bridgehead atoms. The molecular formula is C35H33N8O4+. The van der Waals surface area contributed by atoms with Crippen LogP contribution in [-0.2, 0) is 11.3 Å². The molecule has 1 aromatic heterocycles. The summed E-state index contributed by atoms with van der Waals surface area (Å²) >= 11 is 0. The molecule has 0 aliphatic carbocycles. The van der Waals surface area contributed by atoms with E-state index in [9.17, 15) is 19.2 Å². The number of hydrogen-bond acceptors (Lipinski definition) is 6. The molecular weight excluding hydrogens is 596 g/mol. The second-order valence-electron chi connectivity index (χ2n) is 11.8. The van der Waals surface area contributed by atoms with E-state index in [1.807, 2.05) is 47.9 Å². The number of imide groups is 2. The van der Waals surface area contributed by atoms with Gasteiger partial charge in [0, 0.05) is 12.4 Å². The predicted molar refractivity (Wildman–Crippen MR) is 174 cm³/mol. The lowest BCUT2D eigenvalue weighted by Crippen LogP contribution is -2.63. The molecule has 2 saturated heterocycles. The average Bonchev–Trinajstić information content (AvgIpc) is 3.60. The van der Waals surface area contributed by atoms with Crippen LogP contribution in [0.5, 0.6) is 0 Å². The number of likely N-dealkylation sites (N-methyl/N-ethyl adjacent to an activating group) is 1. The number of amidine groups is 1.